The lowest BCUT2D eigenvalue weighted by atomic mass is 9.63. The number of anilines is 2. The highest BCUT2D eigenvalue weighted by Crippen LogP contribution is 2.50. The van der Waals surface area contributed by atoms with Crippen molar-refractivity contribution in [3.63, 3.8) is 0 Å². The third-order valence-corrected chi connectivity index (χ3v) is 9.25. The Morgan fingerprint density at radius 2 is 1.98 bits per heavy atom. The minimum atomic E-state index is -0.289. The van der Waals surface area contributed by atoms with Crippen LogP contribution in [0.3, 0.4) is 0 Å². The summed E-state index contributed by atoms with van der Waals surface area (Å²) in [7, 11) is 1.59. The molecule has 3 aliphatic rings. The van der Waals surface area contributed by atoms with E-state index in [1.807, 2.05) is 11.0 Å². The van der Waals surface area contributed by atoms with Gasteiger partial charge in [0.1, 0.15) is 17.1 Å². The van der Waals surface area contributed by atoms with Gasteiger partial charge in [0.25, 0.3) is 0 Å². The first-order valence-electron chi connectivity index (χ1n) is 15.0. The number of likely N-dealkylation sites (tertiary alicyclic amines) is 1. The lowest BCUT2D eigenvalue weighted by molar-refractivity contribution is -0.185. The molecule has 0 amide bonds. The Morgan fingerprint density at radius 1 is 1.20 bits per heavy atom. The summed E-state index contributed by atoms with van der Waals surface area (Å²) in [5.41, 5.74) is 9.11. The van der Waals surface area contributed by atoms with Gasteiger partial charge in [-0.15, -0.1) is 0 Å². The Bertz CT molecular complexity index is 1360. The van der Waals surface area contributed by atoms with Crippen molar-refractivity contribution >= 4 is 22.8 Å². The van der Waals surface area contributed by atoms with Crippen LogP contribution in [0.4, 0.5) is 16.2 Å². The zero-order chi connectivity index (χ0) is 28.6. The van der Waals surface area contributed by atoms with Gasteiger partial charge in [-0.3, -0.25) is 4.68 Å². The normalized spacial score (nSPS) is 19.4. The Balaban J connectivity index is 1.18. The molecule has 2 aliphatic heterocycles. The van der Waals surface area contributed by atoms with Gasteiger partial charge in [-0.1, -0.05) is 13.3 Å². The lowest BCUT2D eigenvalue weighted by Crippen LogP contribution is -2.60. The van der Waals surface area contributed by atoms with Crippen molar-refractivity contribution in [1.29, 1.82) is 0 Å². The number of fused-ring (bicyclic) bond motifs is 1. The van der Waals surface area contributed by atoms with E-state index in [1.165, 1.54) is 12.8 Å². The number of methoxy groups -OCH3 is 1. The molecule has 2 saturated heterocycles. The number of halogens is 1. The topological polar surface area (TPSA) is 115 Å². The first-order valence-corrected chi connectivity index (χ1v) is 15.0. The third-order valence-electron chi connectivity index (χ3n) is 9.25. The SMILES string of the molecule is CCCCN(CCO)c1nc(N)nc2cn(Cc3c(F)cc(C4CCN(C5CC6(COC6)C5)CC4)cc3OC)nc12. The van der Waals surface area contributed by atoms with Gasteiger partial charge in [0, 0.05) is 24.5 Å². The molecule has 6 rings (SSSR count). The van der Waals surface area contributed by atoms with Crippen molar-refractivity contribution in [1.82, 2.24) is 24.6 Å². The summed E-state index contributed by atoms with van der Waals surface area (Å²) in [5, 5.41) is 14.3. The van der Waals surface area contributed by atoms with Crippen molar-refractivity contribution < 1.29 is 19.0 Å². The minimum absolute atomic E-state index is 0.0136. The highest BCUT2D eigenvalue weighted by Gasteiger charge is 2.51. The number of nitrogens with two attached hydrogens (primary N) is 1. The van der Waals surface area contributed by atoms with Gasteiger partial charge in [-0.2, -0.15) is 10.1 Å². The quantitative estimate of drug-likeness (QED) is 0.359. The lowest BCUT2D eigenvalue weighted by Gasteiger charge is -2.57. The van der Waals surface area contributed by atoms with E-state index in [1.54, 1.807) is 24.1 Å². The molecule has 4 heterocycles. The van der Waals surface area contributed by atoms with E-state index in [0.29, 0.717) is 58.6 Å². The first kappa shape index (κ1) is 28.1. The largest absolute Gasteiger partial charge is 0.496 e. The Kier molecular flexibility index (Phi) is 8.02. The van der Waals surface area contributed by atoms with Crippen LogP contribution < -0.4 is 15.4 Å². The molecule has 11 heteroatoms. The van der Waals surface area contributed by atoms with Crippen LogP contribution in [0, 0.1) is 11.2 Å². The number of rotatable bonds is 11. The van der Waals surface area contributed by atoms with E-state index in [0.717, 1.165) is 57.6 Å². The molecule has 1 aromatic carbocycles. The van der Waals surface area contributed by atoms with E-state index >= 15 is 4.39 Å². The Hall–Kier alpha value is -3.02. The number of aromatic nitrogens is 4. The fourth-order valence-electron chi connectivity index (χ4n) is 6.84. The van der Waals surface area contributed by atoms with Gasteiger partial charge in [-0.05, 0) is 68.8 Å². The maximum Gasteiger partial charge on any atom is 0.222 e. The van der Waals surface area contributed by atoms with Crippen LogP contribution in [-0.2, 0) is 11.3 Å². The van der Waals surface area contributed by atoms with Gasteiger partial charge in [0.15, 0.2) is 11.3 Å². The van der Waals surface area contributed by atoms with Gasteiger partial charge in [-0.25, -0.2) is 9.37 Å². The number of aliphatic hydroxyl groups is 1. The number of hydrogen-bond donors (Lipinski definition) is 2. The molecule has 0 atom stereocenters. The number of hydrogen-bond acceptors (Lipinski definition) is 9. The van der Waals surface area contributed by atoms with Crippen molar-refractivity contribution in [3.05, 3.63) is 35.3 Å². The molecule has 222 valence electrons. The van der Waals surface area contributed by atoms with Crippen LogP contribution in [0.2, 0.25) is 0 Å². The molecular weight excluding hydrogens is 525 g/mol. The molecule has 3 N–H and O–H groups in total. The molecule has 1 aliphatic carbocycles. The van der Waals surface area contributed by atoms with E-state index in [-0.39, 0.29) is 24.9 Å². The van der Waals surface area contributed by atoms with E-state index in [9.17, 15) is 5.11 Å². The number of benzene rings is 1. The zero-order valence-corrected chi connectivity index (χ0v) is 24.2. The Morgan fingerprint density at radius 3 is 2.63 bits per heavy atom. The molecule has 3 fully saturated rings. The van der Waals surface area contributed by atoms with Crippen LogP contribution in [0.15, 0.2) is 18.3 Å². The highest BCUT2D eigenvalue weighted by atomic mass is 19.1. The number of nitrogen functional groups attached to an aromatic ring is 1. The summed E-state index contributed by atoms with van der Waals surface area (Å²) in [6.07, 6.45) is 8.28. The van der Waals surface area contributed by atoms with Gasteiger partial charge in [0.05, 0.1) is 45.2 Å². The average Bonchev–Trinajstić information content (AvgIpc) is 3.32. The fourth-order valence-corrected chi connectivity index (χ4v) is 6.84. The third kappa shape index (κ3) is 5.59. The fraction of sp³-hybridized carbons (Fsp3) is 0.633. The number of piperidine rings is 1. The first-order chi connectivity index (χ1) is 19.9. The van der Waals surface area contributed by atoms with Crippen LogP contribution in [0.1, 0.15) is 62.5 Å². The molecule has 0 radical (unpaired) electrons. The van der Waals surface area contributed by atoms with Crippen molar-refractivity contribution in [2.75, 3.05) is 63.7 Å². The molecule has 41 heavy (non-hydrogen) atoms. The minimum Gasteiger partial charge on any atom is -0.496 e. The summed E-state index contributed by atoms with van der Waals surface area (Å²) >= 11 is 0. The monoisotopic (exact) mass is 567 g/mol. The van der Waals surface area contributed by atoms with Gasteiger partial charge < -0.3 is 30.1 Å². The van der Waals surface area contributed by atoms with Crippen molar-refractivity contribution in [2.45, 2.75) is 64.0 Å². The second kappa shape index (κ2) is 11.7. The van der Waals surface area contributed by atoms with Crippen molar-refractivity contribution in [3.8, 4) is 5.75 Å². The molecule has 2 aromatic heterocycles. The van der Waals surface area contributed by atoms with Crippen LogP contribution >= 0.6 is 0 Å². The molecule has 10 nitrogen and oxygen atoms in total. The molecule has 1 saturated carbocycles. The van der Waals surface area contributed by atoms with E-state index in [2.05, 4.69) is 21.8 Å². The number of aliphatic hydroxyl groups excluding tert-OH is 1. The van der Waals surface area contributed by atoms with Gasteiger partial charge in [0.2, 0.25) is 5.95 Å². The molecule has 3 aromatic rings. The predicted octanol–water partition coefficient (Wildman–Crippen LogP) is 3.56. The molecule has 1 spiro atoms. The molecule has 0 unspecified atom stereocenters. The van der Waals surface area contributed by atoms with E-state index < -0.39 is 0 Å². The van der Waals surface area contributed by atoms with Crippen LogP contribution in [0.25, 0.3) is 11.0 Å². The van der Waals surface area contributed by atoms with Crippen LogP contribution in [-0.4, -0.2) is 88.9 Å². The van der Waals surface area contributed by atoms with E-state index in [4.69, 9.17) is 20.3 Å². The predicted molar refractivity (Wildman–Crippen MR) is 156 cm³/mol. The summed E-state index contributed by atoms with van der Waals surface area (Å²) in [6, 6.07) is 4.37. The highest BCUT2D eigenvalue weighted by molar-refractivity contribution is 5.86. The van der Waals surface area contributed by atoms with Crippen LogP contribution in [0.5, 0.6) is 5.75 Å². The standard InChI is InChI=1S/C30H42FN7O3/c1-3-4-7-37(10-11-39)28-27-25(33-29(32)34-28)17-38(35-27)16-23-24(31)12-21(13-26(23)40-2)20-5-8-36(9-6-20)22-14-30(15-22)18-41-19-30/h12-13,17,20,22,39H,3-11,14-16,18-19H2,1-2H3,(H2,32,33). The average molecular weight is 568 g/mol. The second-order valence-corrected chi connectivity index (χ2v) is 12.1. The smallest absolute Gasteiger partial charge is 0.222 e. The Labute approximate surface area is 240 Å². The maximum atomic E-state index is 15.7. The zero-order valence-electron chi connectivity index (χ0n) is 24.2. The second-order valence-electron chi connectivity index (χ2n) is 12.1. The summed E-state index contributed by atoms with van der Waals surface area (Å²) < 4.78 is 28.5. The summed E-state index contributed by atoms with van der Waals surface area (Å²) in [5.74, 6) is 1.28. The number of nitrogens with zero attached hydrogens (tertiary/aromatic N) is 6. The summed E-state index contributed by atoms with van der Waals surface area (Å²) in [6.45, 7) is 7.39. The molecule has 0 bridgehead atoms. The number of unbranched alkanes of at least 4 members (excludes halogenated alkanes) is 1. The number of ether oxygens (including phenoxy) is 2. The molecular formula is C30H42FN7O3. The van der Waals surface area contributed by atoms with Crippen molar-refractivity contribution in [2.24, 2.45) is 5.41 Å². The summed E-state index contributed by atoms with van der Waals surface area (Å²) in [4.78, 5) is 13.4. The maximum absolute atomic E-state index is 15.7. The van der Waals surface area contributed by atoms with Gasteiger partial charge >= 0.3 is 0 Å².